The molecule has 0 atom stereocenters. The summed E-state index contributed by atoms with van der Waals surface area (Å²) in [5.74, 6) is 3.50. The second kappa shape index (κ2) is 7.71. The van der Waals surface area contributed by atoms with Gasteiger partial charge in [0.05, 0.1) is 0 Å². The van der Waals surface area contributed by atoms with Gasteiger partial charge in [-0.25, -0.2) is 0 Å². The third-order valence-electron chi connectivity index (χ3n) is 4.71. The van der Waals surface area contributed by atoms with Crippen LogP contribution in [0.4, 0.5) is 0 Å². The Morgan fingerprint density at radius 2 is 1.31 bits per heavy atom. The Balaban J connectivity index is 1.85. The second-order valence-corrected chi connectivity index (χ2v) is 12.2. The van der Waals surface area contributed by atoms with Crippen LogP contribution in [0.1, 0.15) is 22.3 Å². The van der Waals surface area contributed by atoms with E-state index in [1.54, 1.807) is 0 Å². The van der Waals surface area contributed by atoms with Gasteiger partial charge in [0.25, 0.3) is 0 Å². The van der Waals surface area contributed by atoms with Crippen molar-refractivity contribution in [2.75, 3.05) is 7.05 Å². The Labute approximate surface area is 163 Å². The molecule has 0 saturated heterocycles. The van der Waals surface area contributed by atoms with Crippen molar-refractivity contribution >= 4 is 27.2 Å². The van der Waals surface area contributed by atoms with Gasteiger partial charge >= 0.3 is 164 Å². The summed E-state index contributed by atoms with van der Waals surface area (Å²) in [5, 5.41) is 0. The van der Waals surface area contributed by atoms with Gasteiger partial charge in [-0.2, -0.15) is 0 Å². The normalized spacial score (nSPS) is 14.4. The third kappa shape index (κ3) is 3.73. The first-order valence-electron chi connectivity index (χ1n) is 8.93. The Bertz CT molecular complexity index is 929. The minimum atomic E-state index is -2.14. The number of hydrogen-bond acceptors (Lipinski definition) is 1. The van der Waals surface area contributed by atoms with Crippen LogP contribution in [0.5, 0.6) is 0 Å². The molecule has 1 nitrogen and oxygen atoms in total. The fraction of sp³-hybridized carbons (Fsp3) is 0.167. The number of hydrogen-bond donors (Lipinski definition) is 0. The standard InChI is InChI=1S/C15H15N.C9H7.Sb/c1-16(12-14-8-4-2-5-9-14)13-15-10-6-3-7-11-15;1-3-9-6-4-8(2)5-7-9;/h2-8,10H,12-13H2,1H3;4-7H,2H3;. The average Bonchev–Trinajstić information content (AvgIpc) is 2.64. The van der Waals surface area contributed by atoms with E-state index in [0.29, 0.717) is 0 Å². The van der Waals surface area contributed by atoms with Crippen LogP contribution in [0, 0.1) is 16.7 Å². The van der Waals surface area contributed by atoms with Gasteiger partial charge in [-0.1, -0.05) is 0 Å². The van der Waals surface area contributed by atoms with Crippen molar-refractivity contribution in [2.24, 2.45) is 0 Å². The van der Waals surface area contributed by atoms with Gasteiger partial charge in [-0.3, -0.25) is 0 Å². The van der Waals surface area contributed by atoms with Gasteiger partial charge in [0.2, 0.25) is 0 Å². The number of nitrogens with zero attached hydrogens (tertiary/aromatic N) is 1. The molecule has 0 unspecified atom stereocenters. The topological polar surface area (TPSA) is 3.24 Å². The molecule has 1 aliphatic rings. The molecule has 3 aromatic rings. The number of fused-ring (bicyclic) bond motifs is 2. The molecule has 0 amide bonds. The summed E-state index contributed by atoms with van der Waals surface area (Å²) in [5.41, 5.74) is 5.30. The van der Waals surface area contributed by atoms with E-state index in [1.807, 2.05) is 0 Å². The zero-order valence-electron chi connectivity index (χ0n) is 15.2. The first kappa shape index (κ1) is 17.4. The number of aryl methyl sites for hydroxylation is 1. The quantitative estimate of drug-likeness (QED) is 0.379. The van der Waals surface area contributed by atoms with Gasteiger partial charge in [-0.15, -0.1) is 0 Å². The minimum absolute atomic E-state index is 0.997. The molecule has 0 N–H and O–H groups in total. The summed E-state index contributed by atoms with van der Waals surface area (Å²) in [6.07, 6.45) is 0. The maximum absolute atomic E-state index is 3.77. The Hall–Kier alpha value is -2.00. The zero-order chi connectivity index (χ0) is 17.9. The molecule has 0 radical (unpaired) electrons. The number of rotatable bonds is 0. The van der Waals surface area contributed by atoms with Gasteiger partial charge in [-0.05, 0) is 0 Å². The summed E-state index contributed by atoms with van der Waals surface area (Å²) in [4.78, 5) is 2.41. The van der Waals surface area contributed by atoms with Crippen LogP contribution < -0.4 is 7.02 Å². The summed E-state index contributed by atoms with van der Waals surface area (Å²) in [6.45, 7) is 4.11. The zero-order valence-corrected chi connectivity index (χ0v) is 17.8. The van der Waals surface area contributed by atoms with E-state index >= 15 is 0 Å². The van der Waals surface area contributed by atoms with Crippen LogP contribution in [-0.2, 0) is 13.1 Å². The molecule has 0 bridgehead atoms. The summed E-state index contributed by atoms with van der Waals surface area (Å²) >= 11 is -2.14. The van der Waals surface area contributed by atoms with Crippen LogP contribution in [0.3, 0.4) is 0 Å². The van der Waals surface area contributed by atoms with Gasteiger partial charge in [0, 0.05) is 0 Å². The van der Waals surface area contributed by atoms with Crippen molar-refractivity contribution in [2.45, 2.75) is 20.0 Å². The molecule has 1 heterocycles. The molecule has 1 aliphatic heterocycles. The molecular formula is C24H22NSb. The molecule has 128 valence electrons. The van der Waals surface area contributed by atoms with Crippen LogP contribution in [0.2, 0.25) is 0 Å². The Kier molecular flexibility index (Phi) is 5.16. The summed E-state index contributed by atoms with van der Waals surface area (Å²) in [6, 6.07) is 26.4. The van der Waals surface area contributed by atoms with Crippen molar-refractivity contribution in [1.29, 1.82) is 0 Å². The van der Waals surface area contributed by atoms with Crippen molar-refractivity contribution < 1.29 is 0 Å². The predicted octanol–water partition coefficient (Wildman–Crippen LogP) is 3.14. The molecule has 0 saturated carbocycles. The fourth-order valence-electron chi connectivity index (χ4n) is 3.37. The van der Waals surface area contributed by atoms with Crippen molar-refractivity contribution in [3.05, 3.63) is 95.1 Å². The van der Waals surface area contributed by atoms with E-state index in [1.165, 1.54) is 23.7 Å². The van der Waals surface area contributed by atoms with E-state index in [0.717, 1.165) is 18.7 Å². The molecule has 26 heavy (non-hydrogen) atoms. The molecule has 0 fully saturated rings. The van der Waals surface area contributed by atoms with Crippen LogP contribution >= 0.6 is 0 Å². The molecule has 4 rings (SSSR count). The predicted molar refractivity (Wildman–Crippen MR) is 111 cm³/mol. The molecule has 2 heteroatoms. The molecular weight excluding hydrogens is 424 g/mol. The van der Waals surface area contributed by atoms with E-state index in [2.05, 4.69) is 101 Å². The van der Waals surface area contributed by atoms with Crippen molar-refractivity contribution in [1.82, 2.24) is 4.90 Å². The van der Waals surface area contributed by atoms with Crippen LogP contribution in [0.15, 0.2) is 72.8 Å². The number of benzene rings is 3. The van der Waals surface area contributed by atoms with Gasteiger partial charge in [0.1, 0.15) is 0 Å². The first-order chi connectivity index (χ1) is 12.7. The molecule has 0 spiro atoms. The third-order valence-corrected chi connectivity index (χ3v) is 10.9. The van der Waals surface area contributed by atoms with Gasteiger partial charge < -0.3 is 0 Å². The average molecular weight is 446 g/mol. The summed E-state index contributed by atoms with van der Waals surface area (Å²) in [7, 11) is 2.21. The molecule has 0 aromatic heterocycles. The Morgan fingerprint density at radius 1 is 0.769 bits per heavy atom. The van der Waals surface area contributed by atoms with Crippen LogP contribution in [-0.4, -0.2) is 32.2 Å². The second-order valence-electron chi connectivity index (χ2n) is 6.87. The maximum atomic E-state index is 3.77. The van der Waals surface area contributed by atoms with Crippen molar-refractivity contribution in [3.63, 3.8) is 0 Å². The van der Waals surface area contributed by atoms with Gasteiger partial charge in [0.15, 0.2) is 0 Å². The van der Waals surface area contributed by atoms with Crippen molar-refractivity contribution in [3.8, 4) is 9.79 Å². The molecule has 3 aromatic carbocycles. The van der Waals surface area contributed by atoms with E-state index in [9.17, 15) is 0 Å². The summed E-state index contributed by atoms with van der Waals surface area (Å²) < 4.78 is 6.78. The molecule has 0 aliphatic carbocycles. The Morgan fingerprint density at radius 3 is 1.88 bits per heavy atom. The van der Waals surface area contributed by atoms with E-state index in [-0.39, 0.29) is 0 Å². The van der Waals surface area contributed by atoms with Crippen LogP contribution in [0.25, 0.3) is 0 Å². The fourth-order valence-corrected chi connectivity index (χ4v) is 9.30. The van der Waals surface area contributed by atoms with E-state index in [4.69, 9.17) is 0 Å². The van der Waals surface area contributed by atoms with E-state index < -0.39 is 20.2 Å². The SMILES string of the molecule is Cc1ccc(C#[C][Sb]2[c]3ccccc3CN(C)Cc3cccc[c]32)cc1. The first-order valence-corrected chi connectivity index (χ1v) is 12.8. The monoisotopic (exact) mass is 445 g/mol.